The van der Waals surface area contributed by atoms with Gasteiger partial charge in [-0.25, -0.2) is 0 Å². The van der Waals surface area contributed by atoms with E-state index in [-0.39, 0.29) is 26.9 Å². The van der Waals surface area contributed by atoms with E-state index in [4.69, 9.17) is 4.42 Å². The maximum absolute atomic E-state index is 13.1. The van der Waals surface area contributed by atoms with Crippen molar-refractivity contribution in [2.75, 3.05) is 11.9 Å². The first-order chi connectivity index (χ1) is 14.6. The number of hydrogen-bond acceptors (Lipinski definition) is 6. The minimum Gasteiger partial charge on any atom is -0.459 e. The van der Waals surface area contributed by atoms with Crippen molar-refractivity contribution in [3.8, 4) is 0 Å². The lowest BCUT2D eigenvalue weighted by Gasteiger charge is -2.23. The number of alkyl halides is 3. The zero-order valence-electron chi connectivity index (χ0n) is 15.6. The Morgan fingerprint density at radius 1 is 1.13 bits per heavy atom. The third kappa shape index (κ3) is 5.69. The Morgan fingerprint density at radius 2 is 1.87 bits per heavy atom. The number of nitro benzene ring substituents is 1. The molecule has 2 heterocycles. The van der Waals surface area contributed by atoms with Crippen LogP contribution < -0.4 is 5.32 Å². The van der Waals surface area contributed by atoms with Gasteiger partial charge in [-0.1, -0.05) is 18.2 Å². The quantitative estimate of drug-likeness (QED) is 0.412. The van der Waals surface area contributed by atoms with Gasteiger partial charge < -0.3 is 14.6 Å². The molecule has 1 N–H and O–H groups in total. The van der Waals surface area contributed by atoms with Crippen molar-refractivity contribution < 1.29 is 32.1 Å². The van der Waals surface area contributed by atoms with E-state index in [1.165, 1.54) is 48.7 Å². The normalized spacial score (nSPS) is 11.2. The molecule has 8 nitrogen and oxygen atoms in total. The fourth-order valence-corrected chi connectivity index (χ4v) is 3.57. The highest BCUT2D eigenvalue weighted by Crippen LogP contribution is 2.28. The molecule has 2 amide bonds. The summed E-state index contributed by atoms with van der Waals surface area (Å²) in [7, 11) is 0. The third-order valence-corrected chi connectivity index (χ3v) is 4.99. The molecule has 3 rings (SSSR count). The molecule has 0 bridgehead atoms. The summed E-state index contributed by atoms with van der Waals surface area (Å²) in [4.78, 5) is 35.6. The zero-order chi connectivity index (χ0) is 22.6. The van der Waals surface area contributed by atoms with E-state index in [0.29, 0.717) is 4.90 Å². The van der Waals surface area contributed by atoms with Crippen LogP contribution in [0.2, 0.25) is 0 Å². The first-order valence-corrected chi connectivity index (χ1v) is 9.49. The van der Waals surface area contributed by atoms with Gasteiger partial charge in [0.25, 0.3) is 17.5 Å². The standard InChI is InChI=1S/C19H14F3N3O5S/c20-19(21,22)11-24(10-12-4-1-2-5-13(12)25(28)29)18(27)15-7-8-16(31-15)23-17(26)14-6-3-9-30-14/h1-9H,10-11H2,(H,23,26). The number of nitro groups is 1. The molecule has 3 aromatic rings. The average Bonchev–Trinajstić information content (AvgIpc) is 3.38. The molecule has 0 aliphatic carbocycles. The molecular formula is C19H14F3N3O5S. The van der Waals surface area contributed by atoms with E-state index < -0.39 is 36.0 Å². The van der Waals surface area contributed by atoms with Crippen molar-refractivity contribution in [1.82, 2.24) is 4.90 Å². The third-order valence-electron chi connectivity index (χ3n) is 4.01. The second-order valence-corrected chi connectivity index (χ2v) is 7.34. The summed E-state index contributed by atoms with van der Waals surface area (Å²) in [6, 6.07) is 10.8. The number of halogens is 3. The highest BCUT2D eigenvalue weighted by molar-refractivity contribution is 7.18. The predicted octanol–water partition coefficient (Wildman–Crippen LogP) is 4.71. The number of thiophene rings is 1. The number of carbonyl (C=O) groups excluding carboxylic acids is 2. The number of benzene rings is 1. The molecule has 12 heteroatoms. The highest BCUT2D eigenvalue weighted by Gasteiger charge is 2.34. The molecule has 162 valence electrons. The largest absolute Gasteiger partial charge is 0.459 e. The average molecular weight is 453 g/mol. The van der Waals surface area contributed by atoms with E-state index in [2.05, 4.69) is 5.32 Å². The van der Waals surface area contributed by atoms with E-state index in [9.17, 15) is 32.9 Å². The summed E-state index contributed by atoms with van der Waals surface area (Å²) in [5.74, 6) is -1.53. The number of para-hydroxylation sites is 1. The Hall–Kier alpha value is -3.67. The molecular weight excluding hydrogens is 439 g/mol. The van der Waals surface area contributed by atoms with Crippen LogP contribution in [0.3, 0.4) is 0 Å². The van der Waals surface area contributed by atoms with Gasteiger partial charge in [0.05, 0.1) is 27.6 Å². The van der Waals surface area contributed by atoms with Crippen LogP contribution >= 0.6 is 11.3 Å². The molecule has 0 saturated heterocycles. The Morgan fingerprint density at radius 3 is 2.52 bits per heavy atom. The lowest BCUT2D eigenvalue weighted by Crippen LogP contribution is -2.38. The monoisotopic (exact) mass is 453 g/mol. The van der Waals surface area contributed by atoms with Crippen molar-refractivity contribution in [3.63, 3.8) is 0 Å². The zero-order valence-corrected chi connectivity index (χ0v) is 16.4. The molecule has 0 aliphatic rings. The van der Waals surface area contributed by atoms with Crippen LogP contribution in [-0.4, -0.2) is 34.4 Å². The number of rotatable bonds is 7. The van der Waals surface area contributed by atoms with Gasteiger partial charge >= 0.3 is 6.18 Å². The summed E-state index contributed by atoms with van der Waals surface area (Å²) in [6.07, 6.45) is -3.41. The van der Waals surface area contributed by atoms with Gasteiger partial charge in [-0.15, -0.1) is 11.3 Å². The second kappa shape index (κ2) is 9.00. The molecule has 0 atom stereocenters. The van der Waals surface area contributed by atoms with Crippen LogP contribution in [-0.2, 0) is 6.54 Å². The van der Waals surface area contributed by atoms with Gasteiger partial charge in [0, 0.05) is 11.6 Å². The van der Waals surface area contributed by atoms with Gasteiger partial charge in [0.1, 0.15) is 6.54 Å². The first-order valence-electron chi connectivity index (χ1n) is 8.67. The fourth-order valence-electron chi connectivity index (χ4n) is 2.70. The minimum atomic E-state index is -4.72. The maximum Gasteiger partial charge on any atom is 0.406 e. The van der Waals surface area contributed by atoms with E-state index in [1.807, 2.05) is 0 Å². The molecule has 31 heavy (non-hydrogen) atoms. The van der Waals surface area contributed by atoms with Gasteiger partial charge in [-0.05, 0) is 24.3 Å². The lowest BCUT2D eigenvalue weighted by molar-refractivity contribution is -0.385. The molecule has 2 aromatic heterocycles. The van der Waals surface area contributed by atoms with E-state index >= 15 is 0 Å². The predicted molar refractivity (Wildman–Crippen MR) is 105 cm³/mol. The summed E-state index contributed by atoms with van der Waals surface area (Å²) in [6.45, 7) is -2.20. The van der Waals surface area contributed by atoms with Crippen LogP contribution in [0.4, 0.5) is 23.9 Å². The maximum atomic E-state index is 13.1. The Labute approximate surface area is 177 Å². The molecule has 0 radical (unpaired) electrons. The van der Waals surface area contributed by atoms with Crippen LogP contribution in [0.5, 0.6) is 0 Å². The number of hydrogen-bond donors (Lipinski definition) is 1. The molecule has 1 aromatic carbocycles. The number of anilines is 1. The van der Waals surface area contributed by atoms with Crippen molar-refractivity contribution in [2.45, 2.75) is 12.7 Å². The van der Waals surface area contributed by atoms with Crippen molar-refractivity contribution in [1.29, 1.82) is 0 Å². The lowest BCUT2D eigenvalue weighted by atomic mass is 10.1. The molecule has 0 spiro atoms. The summed E-state index contributed by atoms with van der Waals surface area (Å²) >= 11 is 0.776. The first kappa shape index (κ1) is 22.0. The number of furan rings is 1. The Bertz CT molecular complexity index is 1100. The number of carbonyl (C=O) groups is 2. The SMILES string of the molecule is O=C(Nc1ccc(C(=O)N(Cc2ccccc2[N+](=O)[O-])CC(F)(F)F)s1)c1ccco1. The molecule has 0 unspecified atom stereocenters. The number of nitrogens with one attached hydrogen (secondary N) is 1. The minimum absolute atomic E-state index is 0.0244. The highest BCUT2D eigenvalue weighted by atomic mass is 32.1. The number of amides is 2. The van der Waals surface area contributed by atoms with Gasteiger partial charge in [-0.2, -0.15) is 13.2 Å². The van der Waals surface area contributed by atoms with Gasteiger partial charge in [0.2, 0.25) is 0 Å². The molecule has 0 saturated carbocycles. The van der Waals surface area contributed by atoms with Crippen LogP contribution in [0.15, 0.2) is 59.2 Å². The Balaban J connectivity index is 1.82. The van der Waals surface area contributed by atoms with Gasteiger partial charge in [0.15, 0.2) is 5.76 Å². The smallest absolute Gasteiger partial charge is 0.406 e. The second-order valence-electron chi connectivity index (χ2n) is 6.26. The molecule has 0 fully saturated rings. The van der Waals surface area contributed by atoms with Gasteiger partial charge in [-0.3, -0.25) is 19.7 Å². The van der Waals surface area contributed by atoms with Crippen LogP contribution in [0, 0.1) is 10.1 Å². The van der Waals surface area contributed by atoms with Crippen LogP contribution in [0.1, 0.15) is 25.8 Å². The summed E-state index contributed by atoms with van der Waals surface area (Å²) < 4.78 is 44.2. The van der Waals surface area contributed by atoms with Crippen molar-refractivity contribution >= 4 is 33.8 Å². The van der Waals surface area contributed by atoms with E-state index in [0.717, 1.165) is 17.4 Å². The Kier molecular flexibility index (Phi) is 6.39. The van der Waals surface area contributed by atoms with Crippen LogP contribution in [0.25, 0.3) is 0 Å². The van der Waals surface area contributed by atoms with Crippen molar-refractivity contribution in [2.24, 2.45) is 0 Å². The number of nitrogens with zero attached hydrogens (tertiary/aromatic N) is 2. The topological polar surface area (TPSA) is 106 Å². The van der Waals surface area contributed by atoms with Crippen molar-refractivity contribution in [3.05, 3.63) is 81.1 Å². The van der Waals surface area contributed by atoms with E-state index in [1.54, 1.807) is 0 Å². The fraction of sp³-hybridized carbons (Fsp3) is 0.158. The summed E-state index contributed by atoms with van der Waals surface area (Å²) in [5, 5.41) is 13.9. The summed E-state index contributed by atoms with van der Waals surface area (Å²) in [5.41, 5.74) is -0.423. The molecule has 0 aliphatic heterocycles.